The van der Waals surface area contributed by atoms with Crippen LogP contribution in [0.3, 0.4) is 0 Å². The number of nitrogens with zero attached hydrogens (tertiary/aromatic N) is 1. The Bertz CT molecular complexity index is 928. The molecule has 0 aromatic heterocycles. The zero-order chi connectivity index (χ0) is 19.7. The van der Waals surface area contributed by atoms with E-state index in [1.165, 1.54) is 0 Å². The van der Waals surface area contributed by atoms with E-state index in [4.69, 9.17) is 9.47 Å². The third-order valence-corrected chi connectivity index (χ3v) is 4.94. The maximum atomic E-state index is 12.5. The van der Waals surface area contributed by atoms with Crippen molar-refractivity contribution in [3.05, 3.63) is 47.5 Å². The summed E-state index contributed by atoms with van der Waals surface area (Å²) in [5, 5.41) is 5.77. The summed E-state index contributed by atoms with van der Waals surface area (Å²) in [6.45, 7) is 5.35. The number of carbonyl (C=O) groups excluding carboxylic acids is 2. The molecule has 0 radical (unpaired) electrons. The van der Waals surface area contributed by atoms with Crippen LogP contribution < -0.4 is 25.0 Å². The number of hydrogen-bond acceptors (Lipinski definition) is 4. The van der Waals surface area contributed by atoms with Crippen LogP contribution in [0, 0.1) is 13.8 Å². The van der Waals surface area contributed by atoms with Crippen molar-refractivity contribution in [1.29, 1.82) is 0 Å². The molecule has 146 valence electrons. The SMILES string of the molecule is Cc1ccc(C)c(NC(=O)NC2CC(=O)N(c3ccc4c(c3)OCCO4)C2)c1. The van der Waals surface area contributed by atoms with Crippen LogP contribution in [0.5, 0.6) is 11.5 Å². The average Bonchev–Trinajstić information content (AvgIpc) is 3.04. The fourth-order valence-corrected chi connectivity index (χ4v) is 3.47. The number of urea groups is 1. The maximum absolute atomic E-state index is 12.5. The van der Waals surface area contributed by atoms with Crippen molar-refractivity contribution >= 4 is 23.3 Å². The zero-order valence-corrected chi connectivity index (χ0v) is 16.0. The van der Waals surface area contributed by atoms with Gasteiger partial charge in [-0.05, 0) is 43.2 Å². The number of benzene rings is 2. The molecule has 2 aromatic carbocycles. The lowest BCUT2D eigenvalue weighted by molar-refractivity contribution is -0.117. The predicted molar refractivity (Wildman–Crippen MR) is 106 cm³/mol. The summed E-state index contributed by atoms with van der Waals surface area (Å²) in [5.41, 5.74) is 3.57. The van der Waals surface area contributed by atoms with Gasteiger partial charge < -0.3 is 25.0 Å². The third kappa shape index (κ3) is 3.74. The fraction of sp³-hybridized carbons (Fsp3) is 0.333. The van der Waals surface area contributed by atoms with Gasteiger partial charge in [-0.25, -0.2) is 4.79 Å². The lowest BCUT2D eigenvalue weighted by atomic mass is 10.1. The van der Waals surface area contributed by atoms with Crippen LogP contribution in [-0.4, -0.2) is 37.7 Å². The van der Waals surface area contributed by atoms with Gasteiger partial charge in [-0.1, -0.05) is 12.1 Å². The number of carbonyl (C=O) groups is 2. The molecule has 1 saturated heterocycles. The largest absolute Gasteiger partial charge is 0.486 e. The topological polar surface area (TPSA) is 79.9 Å². The minimum atomic E-state index is -0.310. The standard InChI is InChI=1S/C21H23N3O4/c1-13-3-4-14(2)17(9-13)23-21(26)22-15-10-20(25)24(12-15)16-5-6-18-19(11-16)28-8-7-27-18/h3-6,9,11,15H,7-8,10,12H2,1-2H3,(H2,22,23,26). The normalized spacial score (nSPS) is 18.1. The van der Waals surface area contributed by atoms with E-state index < -0.39 is 0 Å². The zero-order valence-electron chi connectivity index (χ0n) is 16.0. The summed E-state index contributed by atoms with van der Waals surface area (Å²) in [7, 11) is 0. The van der Waals surface area contributed by atoms with Crippen molar-refractivity contribution in [2.45, 2.75) is 26.3 Å². The molecular formula is C21H23N3O4. The second kappa shape index (κ2) is 7.42. The van der Waals surface area contributed by atoms with Gasteiger partial charge in [-0.3, -0.25) is 4.79 Å². The highest BCUT2D eigenvalue weighted by Gasteiger charge is 2.32. The van der Waals surface area contributed by atoms with Gasteiger partial charge in [0, 0.05) is 30.4 Å². The van der Waals surface area contributed by atoms with E-state index in [9.17, 15) is 9.59 Å². The molecule has 2 aliphatic rings. The lowest BCUT2D eigenvalue weighted by Crippen LogP contribution is -2.39. The highest BCUT2D eigenvalue weighted by Crippen LogP contribution is 2.35. The van der Waals surface area contributed by atoms with Gasteiger partial charge in [0.1, 0.15) is 13.2 Å². The van der Waals surface area contributed by atoms with Crippen LogP contribution in [-0.2, 0) is 4.79 Å². The molecule has 1 unspecified atom stereocenters. The van der Waals surface area contributed by atoms with Gasteiger partial charge in [0.05, 0.1) is 6.04 Å². The van der Waals surface area contributed by atoms with Crippen LogP contribution in [0.25, 0.3) is 0 Å². The molecular weight excluding hydrogens is 358 g/mol. The van der Waals surface area contributed by atoms with E-state index in [-0.39, 0.29) is 24.4 Å². The number of ether oxygens (including phenoxy) is 2. The second-order valence-corrected chi connectivity index (χ2v) is 7.15. The van der Waals surface area contributed by atoms with Gasteiger partial charge in [-0.2, -0.15) is 0 Å². The molecule has 28 heavy (non-hydrogen) atoms. The van der Waals surface area contributed by atoms with Crippen LogP contribution in [0.2, 0.25) is 0 Å². The molecule has 2 heterocycles. The highest BCUT2D eigenvalue weighted by molar-refractivity contribution is 5.98. The summed E-state index contributed by atoms with van der Waals surface area (Å²) in [6.07, 6.45) is 0.259. The summed E-state index contributed by atoms with van der Waals surface area (Å²) >= 11 is 0. The van der Waals surface area contributed by atoms with E-state index in [2.05, 4.69) is 10.6 Å². The first-order valence-corrected chi connectivity index (χ1v) is 9.34. The molecule has 4 rings (SSSR count). The van der Waals surface area contributed by atoms with Crippen LogP contribution in [0.15, 0.2) is 36.4 Å². The molecule has 7 nitrogen and oxygen atoms in total. The molecule has 0 aliphatic carbocycles. The van der Waals surface area contributed by atoms with Gasteiger partial charge in [0.25, 0.3) is 0 Å². The quantitative estimate of drug-likeness (QED) is 0.857. The van der Waals surface area contributed by atoms with Gasteiger partial charge in [-0.15, -0.1) is 0 Å². The molecule has 1 atom stereocenters. The van der Waals surface area contributed by atoms with Crippen LogP contribution in [0.4, 0.5) is 16.2 Å². The van der Waals surface area contributed by atoms with Crippen molar-refractivity contribution in [1.82, 2.24) is 5.32 Å². The smallest absolute Gasteiger partial charge is 0.319 e. The second-order valence-electron chi connectivity index (χ2n) is 7.15. The molecule has 2 N–H and O–H groups in total. The number of amides is 3. The molecule has 2 aliphatic heterocycles. The van der Waals surface area contributed by atoms with Crippen LogP contribution in [0.1, 0.15) is 17.5 Å². The van der Waals surface area contributed by atoms with Crippen molar-refractivity contribution < 1.29 is 19.1 Å². The van der Waals surface area contributed by atoms with E-state index in [1.807, 2.05) is 50.2 Å². The first kappa shape index (κ1) is 18.2. The molecule has 1 fully saturated rings. The summed E-state index contributed by atoms with van der Waals surface area (Å²) in [4.78, 5) is 26.5. The number of nitrogens with one attached hydrogen (secondary N) is 2. The van der Waals surface area contributed by atoms with Gasteiger partial charge >= 0.3 is 6.03 Å². The predicted octanol–water partition coefficient (Wildman–Crippen LogP) is 3.00. The van der Waals surface area contributed by atoms with Crippen LogP contribution >= 0.6 is 0 Å². The van der Waals surface area contributed by atoms with Gasteiger partial charge in [0.15, 0.2) is 11.5 Å². The first-order chi connectivity index (χ1) is 13.5. The molecule has 0 bridgehead atoms. The summed E-state index contributed by atoms with van der Waals surface area (Å²) in [5.74, 6) is 1.29. The third-order valence-electron chi connectivity index (χ3n) is 4.94. The average molecular weight is 381 g/mol. The number of anilines is 2. The minimum Gasteiger partial charge on any atom is -0.486 e. The van der Waals surface area contributed by atoms with E-state index in [0.29, 0.717) is 31.3 Å². The first-order valence-electron chi connectivity index (χ1n) is 9.34. The monoisotopic (exact) mass is 381 g/mol. The number of rotatable bonds is 3. The lowest BCUT2D eigenvalue weighted by Gasteiger charge is -2.22. The molecule has 0 spiro atoms. The molecule has 3 amide bonds. The Morgan fingerprint density at radius 2 is 1.86 bits per heavy atom. The Labute approximate surface area is 163 Å². The minimum absolute atomic E-state index is 0.0336. The van der Waals surface area contributed by atoms with Crippen molar-refractivity contribution in [2.75, 3.05) is 30.0 Å². The molecule has 7 heteroatoms. The number of fused-ring (bicyclic) bond motifs is 1. The Balaban J connectivity index is 1.40. The Morgan fingerprint density at radius 3 is 2.68 bits per heavy atom. The van der Waals surface area contributed by atoms with Gasteiger partial charge in [0.2, 0.25) is 5.91 Å². The number of hydrogen-bond donors (Lipinski definition) is 2. The van der Waals surface area contributed by atoms with E-state index >= 15 is 0 Å². The highest BCUT2D eigenvalue weighted by atomic mass is 16.6. The van der Waals surface area contributed by atoms with Crippen molar-refractivity contribution in [3.8, 4) is 11.5 Å². The Kier molecular flexibility index (Phi) is 4.81. The molecule has 2 aromatic rings. The fourth-order valence-electron chi connectivity index (χ4n) is 3.47. The van der Waals surface area contributed by atoms with Crippen molar-refractivity contribution in [2.24, 2.45) is 0 Å². The summed E-state index contributed by atoms with van der Waals surface area (Å²) in [6, 6.07) is 10.8. The maximum Gasteiger partial charge on any atom is 0.319 e. The van der Waals surface area contributed by atoms with E-state index in [1.54, 1.807) is 4.90 Å². The Hall–Kier alpha value is -3.22. The molecule has 0 saturated carbocycles. The van der Waals surface area contributed by atoms with E-state index in [0.717, 1.165) is 22.5 Å². The Morgan fingerprint density at radius 1 is 1.07 bits per heavy atom. The van der Waals surface area contributed by atoms with Crippen molar-refractivity contribution in [3.63, 3.8) is 0 Å². The number of aryl methyl sites for hydroxylation is 2. The summed E-state index contributed by atoms with van der Waals surface area (Å²) < 4.78 is 11.1.